The number of rotatable bonds is 8. The molecule has 0 unspecified atom stereocenters. The van der Waals surface area contributed by atoms with Crippen LogP contribution >= 0.6 is 0 Å². The summed E-state index contributed by atoms with van der Waals surface area (Å²) < 4.78 is 31.5. The molecule has 0 fully saturated rings. The highest BCUT2D eigenvalue weighted by atomic mass is 32.2. The molecule has 0 aliphatic rings. The van der Waals surface area contributed by atoms with Gasteiger partial charge in [0.1, 0.15) is 12.4 Å². The van der Waals surface area contributed by atoms with E-state index in [1.807, 2.05) is 20.9 Å². The molecule has 0 amide bonds. The molecule has 0 radical (unpaired) electrons. The molecule has 0 saturated heterocycles. The van der Waals surface area contributed by atoms with E-state index >= 15 is 0 Å². The van der Waals surface area contributed by atoms with E-state index in [2.05, 4.69) is 5.32 Å². The highest BCUT2D eigenvalue weighted by Gasteiger charge is 2.21. The number of likely N-dealkylation sites (N-methyl/N-ethyl adjacent to an activating group) is 1. The van der Waals surface area contributed by atoms with Crippen LogP contribution in [-0.2, 0) is 10.0 Å². The van der Waals surface area contributed by atoms with E-state index < -0.39 is 10.0 Å². The predicted octanol–water partition coefficient (Wildman–Crippen LogP) is 1.56. The Morgan fingerprint density at radius 3 is 2.35 bits per heavy atom. The molecular weight excluding hydrogens is 276 g/mol. The number of nitrogens with one attached hydrogen (secondary N) is 1. The Balaban J connectivity index is 2.76. The molecule has 0 atom stereocenters. The fraction of sp³-hybridized carbons (Fsp3) is 0.571. The number of ether oxygens (including phenoxy) is 1. The minimum Gasteiger partial charge on any atom is -0.492 e. The molecular formula is C14H24N2O3S. The normalized spacial score (nSPS) is 12.1. The molecule has 0 bridgehead atoms. The number of sulfonamides is 1. The molecule has 20 heavy (non-hydrogen) atoms. The van der Waals surface area contributed by atoms with Crippen LogP contribution in [0.1, 0.15) is 13.8 Å². The minimum absolute atomic E-state index is 0.291. The van der Waals surface area contributed by atoms with Crippen LogP contribution in [0, 0.1) is 5.92 Å². The van der Waals surface area contributed by atoms with Gasteiger partial charge in [0, 0.05) is 20.1 Å². The van der Waals surface area contributed by atoms with E-state index in [-0.39, 0.29) is 0 Å². The summed E-state index contributed by atoms with van der Waals surface area (Å²) in [6.45, 7) is 5.78. The monoisotopic (exact) mass is 300 g/mol. The average molecular weight is 300 g/mol. The van der Waals surface area contributed by atoms with E-state index in [9.17, 15) is 8.42 Å². The third-order valence-electron chi connectivity index (χ3n) is 2.77. The highest BCUT2D eigenvalue weighted by molar-refractivity contribution is 7.89. The quantitative estimate of drug-likeness (QED) is 0.740. The second-order valence-electron chi connectivity index (χ2n) is 5.10. The van der Waals surface area contributed by atoms with E-state index in [0.717, 1.165) is 6.54 Å². The molecule has 1 aromatic carbocycles. The maximum atomic E-state index is 12.3. The molecule has 6 heteroatoms. The first kappa shape index (κ1) is 16.9. The van der Waals surface area contributed by atoms with Crippen LogP contribution < -0.4 is 10.1 Å². The Morgan fingerprint density at radius 2 is 1.85 bits per heavy atom. The van der Waals surface area contributed by atoms with Gasteiger partial charge < -0.3 is 10.1 Å². The standard InChI is InChI=1S/C14H24N2O3S/c1-12(2)11-16(4)20(17,18)14-7-5-13(6-8-14)19-10-9-15-3/h5-8,12,15H,9-11H2,1-4H3. The Labute approximate surface area is 122 Å². The summed E-state index contributed by atoms with van der Waals surface area (Å²) >= 11 is 0. The third kappa shape index (κ3) is 4.77. The fourth-order valence-electron chi connectivity index (χ4n) is 1.77. The first-order valence-corrected chi connectivity index (χ1v) is 8.15. The van der Waals surface area contributed by atoms with Gasteiger partial charge in [-0.1, -0.05) is 13.8 Å². The topological polar surface area (TPSA) is 58.6 Å². The van der Waals surface area contributed by atoms with Crippen molar-refractivity contribution in [2.75, 3.05) is 33.8 Å². The molecule has 0 aliphatic heterocycles. The average Bonchev–Trinajstić information content (AvgIpc) is 2.39. The van der Waals surface area contributed by atoms with Crippen molar-refractivity contribution in [1.82, 2.24) is 9.62 Å². The zero-order valence-electron chi connectivity index (χ0n) is 12.6. The van der Waals surface area contributed by atoms with E-state index in [1.54, 1.807) is 31.3 Å². The van der Waals surface area contributed by atoms with Crippen LogP contribution in [0.15, 0.2) is 29.2 Å². The third-order valence-corrected chi connectivity index (χ3v) is 4.61. The zero-order valence-corrected chi connectivity index (χ0v) is 13.4. The lowest BCUT2D eigenvalue weighted by Gasteiger charge is -2.19. The SMILES string of the molecule is CNCCOc1ccc(S(=O)(=O)N(C)CC(C)C)cc1. The van der Waals surface area contributed by atoms with Gasteiger partial charge in [0.25, 0.3) is 0 Å². The van der Waals surface area contributed by atoms with Crippen LogP contribution in [-0.4, -0.2) is 46.5 Å². The van der Waals surface area contributed by atoms with Crippen molar-refractivity contribution in [3.05, 3.63) is 24.3 Å². The van der Waals surface area contributed by atoms with Gasteiger partial charge in [0.05, 0.1) is 4.90 Å². The van der Waals surface area contributed by atoms with Crippen LogP contribution in [0.2, 0.25) is 0 Å². The Kier molecular flexibility index (Phi) is 6.45. The van der Waals surface area contributed by atoms with Crippen molar-refractivity contribution in [1.29, 1.82) is 0 Å². The maximum absolute atomic E-state index is 12.3. The molecule has 1 aromatic rings. The van der Waals surface area contributed by atoms with E-state index in [4.69, 9.17) is 4.74 Å². The van der Waals surface area contributed by atoms with Gasteiger partial charge in [-0.25, -0.2) is 12.7 Å². The summed E-state index contributed by atoms with van der Waals surface area (Å²) in [6.07, 6.45) is 0. The lowest BCUT2D eigenvalue weighted by Crippen LogP contribution is -2.30. The van der Waals surface area contributed by atoms with Gasteiger partial charge >= 0.3 is 0 Å². The molecule has 1 N–H and O–H groups in total. The molecule has 0 aromatic heterocycles. The highest BCUT2D eigenvalue weighted by Crippen LogP contribution is 2.19. The Hall–Kier alpha value is -1.11. The zero-order chi connectivity index (χ0) is 15.2. The molecule has 5 nitrogen and oxygen atoms in total. The van der Waals surface area contributed by atoms with Gasteiger partial charge in [-0.2, -0.15) is 0 Å². The minimum atomic E-state index is -3.41. The van der Waals surface area contributed by atoms with Gasteiger partial charge in [0.15, 0.2) is 0 Å². The van der Waals surface area contributed by atoms with Crippen molar-refractivity contribution in [3.63, 3.8) is 0 Å². The van der Waals surface area contributed by atoms with E-state index in [1.165, 1.54) is 4.31 Å². The molecule has 0 aliphatic carbocycles. The van der Waals surface area contributed by atoms with Crippen LogP contribution in [0.25, 0.3) is 0 Å². The van der Waals surface area contributed by atoms with E-state index in [0.29, 0.717) is 29.7 Å². The summed E-state index contributed by atoms with van der Waals surface area (Å²) in [6, 6.07) is 6.54. The fourth-order valence-corrected chi connectivity index (χ4v) is 3.11. The summed E-state index contributed by atoms with van der Waals surface area (Å²) in [4.78, 5) is 0.293. The van der Waals surface area contributed by atoms with Crippen molar-refractivity contribution < 1.29 is 13.2 Å². The number of hydrogen-bond acceptors (Lipinski definition) is 4. The summed E-state index contributed by atoms with van der Waals surface area (Å²) in [7, 11) is 0.0441. The van der Waals surface area contributed by atoms with Crippen molar-refractivity contribution in [3.8, 4) is 5.75 Å². The Bertz CT molecular complexity index is 498. The number of benzene rings is 1. The van der Waals surface area contributed by atoms with Crippen LogP contribution in [0.3, 0.4) is 0 Å². The second-order valence-corrected chi connectivity index (χ2v) is 7.15. The second kappa shape index (κ2) is 7.61. The molecule has 0 saturated carbocycles. The number of nitrogens with zero attached hydrogens (tertiary/aromatic N) is 1. The van der Waals surface area contributed by atoms with Gasteiger partial charge in [-0.3, -0.25) is 0 Å². The molecule has 0 heterocycles. The molecule has 114 valence electrons. The first-order chi connectivity index (χ1) is 9.37. The van der Waals surface area contributed by atoms with Crippen molar-refractivity contribution in [2.45, 2.75) is 18.7 Å². The van der Waals surface area contributed by atoms with Crippen molar-refractivity contribution >= 4 is 10.0 Å². The van der Waals surface area contributed by atoms with Crippen LogP contribution in [0.5, 0.6) is 5.75 Å². The van der Waals surface area contributed by atoms with Gasteiger partial charge in [-0.05, 0) is 37.2 Å². The molecule has 0 spiro atoms. The predicted molar refractivity (Wildman–Crippen MR) is 80.5 cm³/mol. The Morgan fingerprint density at radius 1 is 1.25 bits per heavy atom. The summed E-state index contributed by atoms with van der Waals surface area (Å²) in [5, 5.41) is 2.98. The van der Waals surface area contributed by atoms with Crippen molar-refractivity contribution in [2.24, 2.45) is 5.92 Å². The number of hydrogen-bond donors (Lipinski definition) is 1. The van der Waals surface area contributed by atoms with Crippen LogP contribution in [0.4, 0.5) is 0 Å². The molecule has 1 rings (SSSR count). The van der Waals surface area contributed by atoms with Gasteiger partial charge in [-0.15, -0.1) is 0 Å². The smallest absolute Gasteiger partial charge is 0.242 e. The largest absolute Gasteiger partial charge is 0.492 e. The van der Waals surface area contributed by atoms with Gasteiger partial charge in [0.2, 0.25) is 10.0 Å². The lowest BCUT2D eigenvalue weighted by atomic mass is 10.2. The maximum Gasteiger partial charge on any atom is 0.242 e. The summed E-state index contributed by atoms with van der Waals surface area (Å²) in [5.74, 6) is 0.963. The first-order valence-electron chi connectivity index (χ1n) is 6.71. The summed E-state index contributed by atoms with van der Waals surface area (Å²) in [5.41, 5.74) is 0. The lowest BCUT2D eigenvalue weighted by molar-refractivity contribution is 0.318.